The molecule has 0 aliphatic heterocycles. The third-order valence-electron chi connectivity index (χ3n) is 3.31. The van der Waals surface area contributed by atoms with Crippen molar-refractivity contribution in [3.8, 4) is 11.5 Å². The Morgan fingerprint density at radius 2 is 1.93 bits per heavy atom. The summed E-state index contributed by atoms with van der Waals surface area (Å²) in [5.41, 5.74) is 1.85. The van der Waals surface area contributed by atoms with E-state index in [2.05, 4.69) is 20.8 Å². The first-order valence-electron chi connectivity index (χ1n) is 7.90. The zero-order valence-electron chi connectivity index (χ0n) is 14.2. The Morgan fingerprint density at radius 3 is 2.70 bits per heavy atom. The summed E-state index contributed by atoms with van der Waals surface area (Å²) in [5.74, 6) is -0.00567. The minimum atomic E-state index is -0.236. The van der Waals surface area contributed by atoms with E-state index >= 15 is 0 Å². The molecule has 27 heavy (non-hydrogen) atoms. The van der Waals surface area contributed by atoms with Crippen LogP contribution in [0.25, 0.3) is 11.5 Å². The lowest BCUT2D eigenvalue weighted by atomic mass is 10.2. The molecule has 0 saturated carbocycles. The fraction of sp³-hybridized carbons (Fsp3) is 0.111. The number of hydrogen-bond donors (Lipinski definition) is 2. The van der Waals surface area contributed by atoms with Crippen LogP contribution in [0.15, 0.2) is 58.2 Å². The van der Waals surface area contributed by atoms with Crippen LogP contribution in [0, 0.1) is 0 Å². The number of hydrogen-bond acceptors (Lipinski definition) is 6. The van der Waals surface area contributed by atoms with E-state index in [9.17, 15) is 9.59 Å². The van der Waals surface area contributed by atoms with E-state index in [-0.39, 0.29) is 22.8 Å². The predicted molar refractivity (Wildman–Crippen MR) is 105 cm³/mol. The van der Waals surface area contributed by atoms with Gasteiger partial charge in [0, 0.05) is 18.2 Å². The van der Waals surface area contributed by atoms with E-state index in [1.54, 1.807) is 48.5 Å². The predicted octanol–water partition coefficient (Wildman–Crippen LogP) is 4.08. The lowest BCUT2D eigenvalue weighted by molar-refractivity contribution is -0.114. The van der Waals surface area contributed by atoms with Gasteiger partial charge in [0.25, 0.3) is 5.22 Å². The van der Waals surface area contributed by atoms with Crippen LogP contribution < -0.4 is 10.6 Å². The molecule has 0 spiro atoms. The monoisotopic (exact) mass is 402 g/mol. The first-order valence-corrected chi connectivity index (χ1v) is 9.26. The molecule has 0 aliphatic carbocycles. The molecule has 0 radical (unpaired) electrons. The van der Waals surface area contributed by atoms with Crippen LogP contribution in [0.1, 0.15) is 6.92 Å². The zero-order chi connectivity index (χ0) is 19.2. The fourth-order valence-electron chi connectivity index (χ4n) is 2.19. The number of carbonyl (C=O) groups excluding carboxylic acids is 2. The Bertz CT molecular complexity index is 977. The average Bonchev–Trinajstić information content (AvgIpc) is 3.11. The number of amides is 2. The summed E-state index contributed by atoms with van der Waals surface area (Å²) in [6.45, 7) is 1.43. The number of thioether (sulfide) groups is 1. The molecule has 2 amide bonds. The van der Waals surface area contributed by atoms with Gasteiger partial charge in [-0.25, -0.2) is 0 Å². The lowest BCUT2D eigenvalue weighted by Crippen LogP contribution is -2.14. The van der Waals surface area contributed by atoms with Gasteiger partial charge in [0.15, 0.2) is 0 Å². The number of anilines is 2. The van der Waals surface area contributed by atoms with E-state index < -0.39 is 0 Å². The molecule has 2 N–H and O–H groups in total. The van der Waals surface area contributed by atoms with Crippen LogP contribution >= 0.6 is 23.4 Å². The van der Waals surface area contributed by atoms with Gasteiger partial charge >= 0.3 is 0 Å². The highest BCUT2D eigenvalue weighted by Crippen LogP contribution is 2.26. The Balaban J connectivity index is 1.60. The molecule has 0 atom stereocenters. The standard InChI is InChI=1S/C18H15ClN4O3S/c1-11(24)20-13-6-4-5-12(9-13)17-22-23-18(26-17)27-10-16(25)21-15-8-3-2-7-14(15)19/h2-9H,10H2,1H3,(H,20,24)(H,21,25). The van der Waals surface area contributed by atoms with Crippen LogP contribution in [0.3, 0.4) is 0 Å². The highest BCUT2D eigenvalue weighted by Gasteiger charge is 2.12. The SMILES string of the molecule is CC(=O)Nc1cccc(-c2nnc(SCC(=O)Nc3ccccc3Cl)o2)c1. The van der Waals surface area contributed by atoms with Crippen LogP contribution in [0.5, 0.6) is 0 Å². The van der Waals surface area contributed by atoms with Crippen LogP contribution in [0.2, 0.25) is 5.02 Å². The quantitative estimate of drug-likeness (QED) is 0.603. The summed E-state index contributed by atoms with van der Waals surface area (Å²) < 4.78 is 5.58. The van der Waals surface area contributed by atoms with Crippen molar-refractivity contribution in [2.45, 2.75) is 12.1 Å². The number of benzene rings is 2. The second-order valence-corrected chi connectivity index (χ2v) is 6.79. The molecule has 0 bridgehead atoms. The van der Waals surface area contributed by atoms with Gasteiger partial charge in [0.2, 0.25) is 17.7 Å². The summed E-state index contributed by atoms with van der Waals surface area (Å²) in [6, 6.07) is 14.0. The Hall–Kier alpha value is -2.84. The van der Waals surface area contributed by atoms with E-state index in [1.807, 2.05) is 0 Å². The molecule has 0 saturated heterocycles. The maximum absolute atomic E-state index is 12.0. The molecular formula is C18H15ClN4O3S. The Labute approximate surface area is 164 Å². The Kier molecular flexibility index (Phi) is 6.10. The molecule has 1 heterocycles. The molecular weight excluding hydrogens is 388 g/mol. The molecule has 7 nitrogen and oxygen atoms in total. The smallest absolute Gasteiger partial charge is 0.277 e. The first kappa shape index (κ1) is 18.9. The van der Waals surface area contributed by atoms with Crippen molar-refractivity contribution in [1.82, 2.24) is 10.2 Å². The van der Waals surface area contributed by atoms with Crippen molar-refractivity contribution in [2.24, 2.45) is 0 Å². The third-order valence-corrected chi connectivity index (χ3v) is 4.46. The van der Waals surface area contributed by atoms with E-state index in [0.29, 0.717) is 27.9 Å². The summed E-state index contributed by atoms with van der Waals surface area (Å²) in [6.07, 6.45) is 0. The molecule has 0 aliphatic rings. The number of para-hydroxylation sites is 1. The molecule has 3 rings (SSSR count). The van der Waals surface area contributed by atoms with Crippen molar-refractivity contribution in [3.63, 3.8) is 0 Å². The summed E-state index contributed by atoms with van der Waals surface area (Å²) in [5, 5.41) is 14.1. The van der Waals surface area contributed by atoms with Crippen molar-refractivity contribution in [2.75, 3.05) is 16.4 Å². The first-order chi connectivity index (χ1) is 13.0. The number of carbonyl (C=O) groups is 2. The van der Waals surface area contributed by atoms with Gasteiger partial charge in [-0.05, 0) is 30.3 Å². The number of halogens is 1. The van der Waals surface area contributed by atoms with E-state index in [1.165, 1.54) is 6.92 Å². The van der Waals surface area contributed by atoms with Gasteiger partial charge in [-0.2, -0.15) is 0 Å². The fourth-order valence-corrected chi connectivity index (χ4v) is 2.94. The van der Waals surface area contributed by atoms with E-state index in [4.69, 9.17) is 16.0 Å². The minimum absolute atomic E-state index is 0.0960. The summed E-state index contributed by atoms with van der Waals surface area (Å²) >= 11 is 7.13. The molecule has 0 unspecified atom stereocenters. The third kappa shape index (κ3) is 5.32. The van der Waals surface area contributed by atoms with Gasteiger partial charge in [-0.3, -0.25) is 9.59 Å². The van der Waals surface area contributed by atoms with E-state index in [0.717, 1.165) is 11.8 Å². The molecule has 9 heteroatoms. The van der Waals surface area contributed by atoms with Gasteiger partial charge in [0.05, 0.1) is 16.5 Å². The zero-order valence-corrected chi connectivity index (χ0v) is 15.8. The number of nitrogens with zero attached hydrogens (tertiary/aromatic N) is 2. The normalized spacial score (nSPS) is 10.4. The Morgan fingerprint density at radius 1 is 1.11 bits per heavy atom. The molecule has 1 aromatic heterocycles. The highest BCUT2D eigenvalue weighted by molar-refractivity contribution is 7.99. The molecule has 2 aromatic carbocycles. The second kappa shape index (κ2) is 8.70. The number of nitrogens with one attached hydrogen (secondary N) is 2. The average molecular weight is 403 g/mol. The largest absolute Gasteiger partial charge is 0.411 e. The minimum Gasteiger partial charge on any atom is -0.411 e. The van der Waals surface area contributed by atoms with Crippen molar-refractivity contribution in [1.29, 1.82) is 0 Å². The number of rotatable bonds is 6. The van der Waals surface area contributed by atoms with Crippen molar-refractivity contribution in [3.05, 3.63) is 53.6 Å². The lowest BCUT2D eigenvalue weighted by Gasteiger charge is -2.05. The van der Waals surface area contributed by atoms with Gasteiger partial charge in [0.1, 0.15) is 0 Å². The maximum Gasteiger partial charge on any atom is 0.277 e. The summed E-state index contributed by atoms with van der Waals surface area (Å²) in [7, 11) is 0. The summed E-state index contributed by atoms with van der Waals surface area (Å²) in [4.78, 5) is 23.2. The topological polar surface area (TPSA) is 97.1 Å². The molecule has 138 valence electrons. The molecule has 3 aromatic rings. The van der Waals surface area contributed by atoms with Gasteiger partial charge in [-0.1, -0.05) is 41.6 Å². The highest BCUT2D eigenvalue weighted by atomic mass is 35.5. The number of aromatic nitrogens is 2. The van der Waals surface area contributed by atoms with Gasteiger partial charge < -0.3 is 15.1 Å². The second-order valence-electron chi connectivity index (χ2n) is 5.45. The maximum atomic E-state index is 12.0. The van der Waals surface area contributed by atoms with Crippen molar-refractivity contribution >= 4 is 46.6 Å². The van der Waals surface area contributed by atoms with Crippen molar-refractivity contribution < 1.29 is 14.0 Å². The molecule has 0 fully saturated rings. The van der Waals surface area contributed by atoms with Gasteiger partial charge in [-0.15, -0.1) is 10.2 Å². The van der Waals surface area contributed by atoms with Crippen LogP contribution in [-0.2, 0) is 9.59 Å². The van der Waals surface area contributed by atoms with Crippen LogP contribution in [-0.4, -0.2) is 27.8 Å². The van der Waals surface area contributed by atoms with Crippen LogP contribution in [0.4, 0.5) is 11.4 Å².